The van der Waals surface area contributed by atoms with Gasteiger partial charge in [0.25, 0.3) is 0 Å². The van der Waals surface area contributed by atoms with Crippen LogP contribution >= 0.6 is 11.3 Å². The van der Waals surface area contributed by atoms with Crippen LogP contribution in [0.2, 0.25) is 0 Å². The van der Waals surface area contributed by atoms with Crippen molar-refractivity contribution in [3.8, 4) is 22.5 Å². The highest BCUT2D eigenvalue weighted by molar-refractivity contribution is 7.17. The highest BCUT2D eigenvalue weighted by Gasteiger charge is 2.41. The number of pyridine rings is 2. The average Bonchev–Trinajstić information content (AvgIpc) is 3.52. The number of aromatic nitrogens is 2. The van der Waals surface area contributed by atoms with E-state index in [-0.39, 0.29) is 0 Å². The topological polar surface area (TPSA) is 25.8 Å². The molecule has 3 heterocycles. The Bertz CT molecular complexity index is 1850. The van der Waals surface area contributed by atoms with Crippen molar-refractivity contribution >= 4 is 21.4 Å². The molecule has 0 atom stereocenters. The number of benzene rings is 4. The molecule has 3 heteroatoms. The van der Waals surface area contributed by atoms with E-state index in [4.69, 9.17) is 9.97 Å². The van der Waals surface area contributed by atoms with Crippen molar-refractivity contribution in [3.63, 3.8) is 0 Å². The van der Waals surface area contributed by atoms with Crippen LogP contribution in [0.1, 0.15) is 22.5 Å². The summed E-state index contributed by atoms with van der Waals surface area (Å²) in [7, 11) is 0. The fraction of sp³-hybridized carbons (Fsp3) is 0.0270. The Morgan fingerprint density at radius 2 is 1.00 bits per heavy atom. The van der Waals surface area contributed by atoms with Gasteiger partial charge in [0.15, 0.2) is 0 Å². The molecule has 3 aromatic heterocycles. The number of hydrogen-bond acceptors (Lipinski definition) is 3. The Labute approximate surface area is 238 Å². The molecule has 0 fully saturated rings. The molecule has 7 aromatic rings. The Kier molecular flexibility index (Phi) is 6.27. The van der Waals surface area contributed by atoms with Gasteiger partial charge in [0, 0.05) is 15.8 Å². The zero-order valence-electron chi connectivity index (χ0n) is 21.8. The van der Waals surface area contributed by atoms with Crippen LogP contribution < -0.4 is 0 Å². The molecular formula is C37H26N2S. The second kappa shape index (κ2) is 10.4. The van der Waals surface area contributed by atoms with Crippen LogP contribution in [0, 0.1) is 0 Å². The summed E-state index contributed by atoms with van der Waals surface area (Å²) in [6.45, 7) is 0. The van der Waals surface area contributed by atoms with Crippen molar-refractivity contribution in [2.24, 2.45) is 0 Å². The summed E-state index contributed by atoms with van der Waals surface area (Å²) in [5.74, 6) is 0. The van der Waals surface area contributed by atoms with Gasteiger partial charge in [-0.05, 0) is 58.3 Å². The summed E-state index contributed by atoms with van der Waals surface area (Å²) < 4.78 is 1.26. The third-order valence-corrected chi connectivity index (χ3v) is 8.38. The van der Waals surface area contributed by atoms with Crippen LogP contribution in [0.4, 0.5) is 0 Å². The van der Waals surface area contributed by atoms with E-state index in [0.29, 0.717) is 0 Å². The first-order valence-electron chi connectivity index (χ1n) is 13.4. The number of thiophene rings is 1. The van der Waals surface area contributed by atoms with Gasteiger partial charge in [-0.25, -0.2) is 0 Å². The SMILES string of the molecule is c1ccc(-c2cccc(C(c3ccccc3)(c3ccccc3)c3cccc(-c4ccc5ccsc5c4)n3)n2)cc1. The Balaban J connectivity index is 1.52. The van der Waals surface area contributed by atoms with E-state index in [9.17, 15) is 0 Å². The monoisotopic (exact) mass is 530 g/mol. The predicted octanol–water partition coefficient (Wildman–Crippen LogP) is 9.41. The first-order chi connectivity index (χ1) is 19.8. The third kappa shape index (κ3) is 4.21. The molecule has 0 unspecified atom stereocenters. The number of nitrogens with zero attached hydrogens (tertiary/aromatic N) is 2. The van der Waals surface area contributed by atoms with Gasteiger partial charge in [0.2, 0.25) is 0 Å². The summed E-state index contributed by atoms with van der Waals surface area (Å²) in [5.41, 5.74) is 7.47. The van der Waals surface area contributed by atoms with E-state index in [1.54, 1.807) is 11.3 Å². The molecule has 0 spiro atoms. The summed E-state index contributed by atoms with van der Waals surface area (Å²) in [5, 5.41) is 3.40. The quantitative estimate of drug-likeness (QED) is 0.214. The van der Waals surface area contributed by atoms with Gasteiger partial charge >= 0.3 is 0 Å². The maximum Gasteiger partial charge on any atom is 0.105 e. The fourth-order valence-electron chi connectivity index (χ4n) is 5.60. The number of fused-ring (bicyclic) bond motifs is 1. The molecule has 0 aliphatic rings. The minimum atomic E-state index is -0.726. The van der Waals surface area contributed by atoms with Gasteiger partial charge in [-0.2, -0.15) is 0 Å². The van der Waals surface area contributed by atoms with E-state index in [1.807, 2.05) is 6.07 Å². The zero-order valence-corrected chi connectivity index (χ0v) is 22.6. The third-order valence-electron chi connectivity index (χ3n) is 7.50. The van der Waals surface area contributed by atoms with Crippen LogP contribution in [0.15, 0.2) is 157 Å². The minimum Gasteiger partial charge on any atom is -0.251 e. The molecule has 0 aliphatic heterocycles. The molecule has 0 N–H and O–H groups in total. The summed E-state index contributed by atoms with van der Waals surface area (Å²) in [4.78, 5) is 10.7. The van der Waals surface area contributed by atoms with Gasteiger partial charge in [0.1, 0.15) is 5.41 Å². The molecule has 0 radical (unpaired) electrons. The molecule has 190 valence electrons. The van der Waals surface area contributed by atoms with Crippen LogP contribution in [0.25, 0.3) is 32.6 Å². The lowest BCUT2D eigenvalue weighted by molar-refractivity contribution is 0.689. The van der Waals surface area contributed by atoms with E-state index < -0.39 is 5.41 Å². The Hall–Kier alpha value is -4.86. The lowest BCUT2D eigenvalue weighted by Gasteiger charge is -2.35. The van der Waals surface area contributed by atoms with E-state index >= 15 is 0 Å². The molecule has 7 rings (SSSR count). The highest BCUT2D eigenvalue weighted by atomic mass is 32.1. The molecule has 0 saturated carbocycles. The minimum absolute atomic E-state index is 0.726. The van der Waals surface area contributed by atoms with E-state index in [0.717, 1.165) is 45.0 Å². The van der Waals surface area contributed by atoms with Crippen molar-refractivity contribution < 1.29 is 0 Å². The molecule has 0 saturated heterocycles. The standard InChI is InChI=1S/C37H26N2S/c1-4-12-27(13-5-1)32-18-10-20-35(38-32)37(30-14-6-2-7-15-30,31-16-8-3-9-17-31)36-21-11-19-33(39-36)29-23-22-28-24-25-40-34(28)26-29/h1-26H. The first kappa shape index (κ1) is 24.2. The molecule has 0 amide bonds. The Morgan fingerprint density at radius 1 is 0.450 bits per heavy atom. The lowest BCUT2D eigenvalue weighted by Crippen LogP contribution is -2.33. The number of hydrogen-bond donors (Lipinski definition) is 0. The van der Waals surface area contributed by atoms with Crippen molar-refractivity contribution in [3.05, 3.63) is 180 Å². The largest absolute Gasteiger partial charge is 0.251 e. The van der Waals surface area contributed by atoms with Crippen molar-refractivity contribution in [1.29, 1.82) is 0 Å². The normalized spacial score (nSPS) is 11.5. The summed E-state index contributed by atoms with van der Waals surface area (Å²) in [6, 6.07) is 53.1. The van der Waals surface area contributed by atoms with Crippen molar-refractivity contribution in [2.45, 2.75) is 5.41 Å². The predicted molar refractivity (Wildman–Crippen MR) is 167 cm³/mol. The lowest BCUT2D eigenvalue weighted by atomic mass is 9.69. The molecule has 2 nitrogen and oxygen atoms in total. The van der Waals surface area contributed by atoms with Gasteiger partial charge in [0.05, 0.1) is 22.8 Å². The number of rotatable bonds is 6. The van der Waals surface area contributed by atoms with Gasteiger partial charge < -0.3 is 0 Å². The average molecular weight is 531 g/mol. The molecule has 0 bridgehead atoms. The fourth-order valence-corrected chi connectivity index (χ4v) is 6.43. The van der Waals surface area contributed by atoms with Crippen LogP contribution in [0.3, 0.4) is 0 Å². The Morgan fingerprint density at radius 3 is 1.60 bits per heavy atom. The maximum absolute atomic E-state index is 5.40. The smallest absolute Gasteiger partial charge is 0.105 e. The van der Waals surface area contributed by atoms with Crippen LogP contribution in [-0.2, 0) is 5.41 Å². The molecule has 4 aromatic carbocycles. The summed E-state index contributed by atoms with van der Waals surface area (Å²) in [6.07, 6.45) is 0. The molecule has 40 heavy (non-hydrogen) atoms. The van der Waals surface area contributed by atoms with Gasteiger partial charge in [-0.3, -0.25) is 9.97 Å². The highest BCUT2D eigenvalue weighted by Crippen LogP contribution is 2.44. The van der Waals surface area contributed by atoms with E-state index in [1.165, 1.54) is 10.1 Å². The van der Waals surface area contributed by atoms with Crippen LogP contribution in [-0.4, -0.2) is 9.97 Å². The molecular weight excluding hydrogens is 504 g/mol. The maximum atomic E-state index is 5.40. The zero-order chi connectivity index (χ0) is 26.8. The molecule has 0 aliphatic carbocycles. The first-order valence-corrected chi connectivity index (χ1v) is 14.3. The van der Waals surface area contributed by atoms with Gasteiger partial charge in [-0.1, -0.05) is 115 Å². The summed E-state index contributed by atoms with van der Waals surface area (Å²) >= 11 is 1.76. The van der Waals surface area contributed by atoms with Crippen molar-refractivity contribution in [1.82, 2.24) is 9.97 Å². The van der Waals surface area contributed by atoms with Crippen LogP contribution in [0.5, 0.6) is 0 Å². The van der Waals surface area contributed by atoms with E-state index in [2.05, 4.69) is 151 Å². The second-order valence-electron chi connectivity index (χ2n) is 9.84. The van der Waals surface area contributed by atoms with Gasteiger partial charge in [-0.15, -0.1) is 11.3 Å². The van der Waals surface area contributed by atoms with Crippen molar-refractivity contribution in [2.75, 3.05) is 0 Å². The second-order valence-corrected chi connectivity index (χ2v) is 10.8.